The Hall–Kier alpha value is -1.54. The van der Waals surface area contributed by atoms with Gasteiger partial charge >= 0.3 is 0 Å². The first-order chi connectivity index (χ1) is 14.8. The minimum absolute atomic E-state index is 1.11. The van der Waals surface area contributed by atoms with Crippen LogP contribution in [-0.2, 0) is 12.8 Å². The third kappa shape index (κ3) is 1.77. The number of benzene rings is 1. The van der Waals surface area contributed by atoms with E-state index >= 15 is 0 Å². The molecule has 0 saturated carbocycles. The summed E-state index contributed by atoms with van der Waals surface area (Å²) in [7, 11) is 0. The molecular weight excluding hydrogens is 481 g/mol. The molecule has 0 N–H and O–H groups in total. The molecule has 30 heavy (non-hydrogen) atoms. The average molecular weight is 491 g/mol. The van der Waals surface area contributed by atoms with E-state index in [2.05, 4.69) is 35.0 Å². The number of thiophene rings is 6. The Kier molecular flexibility index (Phi) is 2.83. The van der Waals surface area contributed by atoms with Crippen LogP contribution in [0.1, 0.15) is 22.3 Å². The molecule has 142 valence electrons. The predicted molar refractivity (Wildman–Crippen MR) is 140 cm³/mol. The van der Waals surface area contributed by atoms with Crippen LogP contribution in [0.3, 0.4) is 0 Å². The van der Waals surface area contributed by atoms with Crippen LogP contribution in [0.4, 0.5) is 0 Å². The Morgan fingerprint density at radius 1 is 0.533 bits per heavy atom. The lowest BCUT2D eigenvalue weighted by atomic mass is 10.0. The first-order valence-electron chi connectivity index (χ1n) is 9.83. The van der Waals surface area contributed by atoms with Crippen molar-refractivity contribution in [1.29, 1.82) is 0 Å². The van der Waals surface area contributed by atoms with Gasteiger partial charge in [-0.15, -0.1) is 68.0 Å². The summed E-state index contributed by atoms with van der Waals surface area (Å²) in [6.07, 6.45) is 2.21. The molecule has 0 unspecified atom stereocenters. The first kappa shape index (κ1) is 16.1. The van der Waals surface area contributed by atoms with E-state index in [-0.39, 0.29) is 0 Å². The smallest absolute Gasteiger partial charge is 0.0638 e. The summed E-state index contributed by atoms with van der Waals surface area (Å²) in [5.41, 5.74) is 9.30. The van der Waals surface area contributed by atoms with E-state index in [1.54, 1.807) is 41.4 Å². The second-order valence-corrected chi connectivity index (χ2v) is 14.1. The molecule has 2 aliphatic rings. The van der Waals surface area contributed by atoms with Gasteiger partial charge in [0.15, 0.2) is 0 Å². The molecule has 0 spiro atoms. The van der Waals surface area contributed by atoms with Crippen LogP contribution in [0, 0.1) is 0 Å². The highest BCUT2D eigenvalue weighted by Crippen LogP contribution is 2.57. The van der Waals surface area contributed by atoms with E-state index in [0.717, 1.165) is 12.8 Å². The van der Waals surface area contributed by atoms with Gasteiger partial charge in [0.2, 0.25) is 0 Å². The van der Waals surface area contributed by atoms with E-state index in [0.29, 0.717) is 0 Å². The number of fused-ring (bicyclic) bond motifs is 14. The van der Waals surface area contributed by atoms with Crippen LogP contribution in [0.2, 0.25) is 0 Å². The Bertz CT molecular complexity index is 1720. The van der Waals surface area contributed by atoms with Gasteiger partial charge in [0, 0.05) is 32.0 Å². The molecule has 1 aromatic carbocycles. The zero-order valence-electron chi connectivity index (χ0n) is 15.3. The summed E-state index contributed by atoms with van der Waals surface area (Å²) in [5.74, 6) is 0. The van der Waals surface area contributed by atoms with Gasteiger partial charge in [-0.1, -0.05) is 0 Å². The van der Waals surface area contributed by atoms with Gasteiger partial charge in [-0.2, -0.15) is 0 Å². The van der Waals surface area contributed by atoms with Crippen LogP contribution in [-0.4, -0.2) is 0 Å². The van der Waals surface area contributed by atoms with Crippen molar-refractivity contribution in [2.75, 3.05) is 0 Å². The van der Waals surface area contributed by atoms with Crippen LogP contribution < -0.4 is 0 Å². The van der Waals surface area contributed by atoms with E-state index in [1.165, 1.54) is 39.3 Å². The number of rotatable bonds is 0. The molecule has 9 rings (SSSR count). The molecule has 0 amide bonds. The van der Waals surface area contributed by atoms with Gasteiger partial charge in [-0.25, -0.2) is 0 Å². The molecule has 0 fully saturated rings. The highest BCUT2D eigenvalue weighted by Gasteiger charge is 2.31. The van der Waals surface area contributed by atoms with Gasteiger partial charge in [-0.3, -0.25) is 0 Å². The maximum absolute atomic E-state index is 2.54. The molecule has 2 aliphatic carbocycles. The topological polar surface area (TPSA) is 0 Å². The van der Waals surface area contributed by atoms with Crippen LogP contribution in [0.25, 0.3) is 58.5 Å². The molecule has 6 aromatic heterocycles. The second kappa shape index (κ2) is 5.26. The van der Waals surface area contributed by atoms with Crippen molar-refractivity contribution in [3.05, 3.63) is 57.3 Å². The molecule has 0 aliphatic heterocycles. The number of hydrogen-bond acceptors (Lipinski definition) is 6. The Balaban J connectivity index is 1.27. The van der Waals surface area contributed by atoms with E-state index < -0.39 is 0 Å². The molecule has 0 saturated heterocycles. The molecular formula is C24H10S6. The maximum Gasteiger partial charge on any atom is 0.0638 e. The first-order valence-corrected chi connectivity index (χ1v) is 14.9. The van der Waals surface area contributed by atoms with Crippen molar-refractivity contribution in [2.24, 2.45) is 0 Å². The van der Waals surface area contributed by atoms with Crippen LogP contribution in [0.15, 0.2) is 35.0 Å². The molecule has 6 heterocycles. The van der Waals surface area contributed by atoms with Crippen molar-refractivity contribution in [2.45, 2.75) is 12.8 Å². The molecule has 0 atom stereocenters. The van der Waals surface area contributed by atoms with Gasteiger partial charge in [0.25, 0.3) is 0 Å². The average Bonchev–Trinajstić information content (AvgIpc) is 3.53. The fourth-order valence-electron chi connectivity index (χ4n) is 5.26. The lowest BCUT2D eigenvalue weighted by molar-refractivity contribution is 1.26. The summed E-state index contributed by atoms with van der Waals surface area (Å²) in [4.78, 5) is 3.09. The Labute approximate surface area is 195 Å². The summed E-state index contributed by atoms with van der Waals surface area (Å²) in [6, 6.07) is 9.65. The van der Waals surface area contributed by atoms with Gasteiger partial charge in [0.05, 0.1) is 28.2 Å². The van der Waals surface area contributed by atoms with Crippen molar-refractivity contribution < 1.29 is 0 Å². The van der Waals surface area contributed by atoms with Gasteiger partial charge in [0.1, 0.15) is 0 Å². The molecule has 6 heteroatoms. The Morgan fingerprint density at radius 3 is 1.53 bits per heavy atom. The van der Waals surface area contributed by atoms with Crippen molar-refractivity contribution >= 4 is 106 Å². The van der Waals surface area contributed by atoms with Crippen LogP contribution in [0.5, 0.6) is 0 Å². The largest absolute Gasteiger partial charge is 0.141 e. The molecule has 0 radical (unpaired) electrons. The minimum Gasteiger partial charge on any atom is -0.141 e. The summed E-state index contributed by atoms with van der Waals surface area (Å²) in [6.45, 7) is 0. The van der Waals surface area contributed by atoms with Crippen molar-refractivity contribution in [3.63, 3.8) is 0 Å². The lowest BCUT2D eigenvalue weighted by Gasteiger charge is -2.05. The van der Waals surface area contributed by atoms with Crippen molar-refractivity contribution in [3.8, 4) is 20.9 Å². The highest BCUT2D eigenvalue weighted by atomic mass is 32.1. The van der Waals surface area contributed by atoms with E-state index in [9.17, 15) is 0 Å². The normalized spacial score (nSPS) is 14.4. The van der Waals surface area contributed by atoms with Crippen molar-refractivity contribution in [1.82, 2.24) is 0 Å². The fourth-order valence-corrected chi connectivity index (χ4v) is 13.4. The fraction of sp³-hybridized carbons (Fsp3) is 0.0833. The SMILES string of the molecule is c1cc2sc3c4c(sc3c2s1)-c1cc2c(cc1C4)-c1sc3c(sc4ccsc43)c1C2. The zero-order valence-corrected chi connectivity index (χ0v) is 20.2. The van der Waals surface area contributed by atoms with E-state index in [4.69, 9.17) is 0 Å². The second-order valence-electron chi connectivity index (χ2n) is 8.09. The quantitative estimate of drug-likeness (QED) is 0.198. The van der Waals surface area contributed by atoms with E-state index in [1.807, 2.05) is 68.0 Å². The maximum atomic E-state index is 2.54. The van der Waals surface area contributed by atoms with Crippen LogP contribution >= 0.6 is 68.0 Å². The van der Waals surface area contributed by atoms with Gasteiger partial charge in [-0.05, 0) is 68.4 Å². The standard InChI is InChI=1S/C24H10S6/c1-3-25-21-15(1)27-19-13-7-9-5-12-10(6-11(9)17(13)29-23(19)21)8-14-18(12)30-24-20(14)28-16-2-4-26-22(16)24/h1-6H,7-8H2. The third-order valence-corrected chi connectivity index (χ3v) is 14.2. The summed E-state index contributed by atoms with van der Waals surface area (Å²) >= 11 is 11.9. The third-order valence-electron chi connectivity index (χ3n) is 6.56. The monoisotopic (exact) mass is 490 g/mol. The minimum atomic E-state index is 1.11. The summed E-state index contributed by atoms with van der Waals surface area (Å²) < 4.78 is 12.1. The Morgan fingerprint density at radius 2 is 1.03 bits per heavy atom. The predicted octanol–water partition coefficient (Wildman–Crippen LogP) is 9.81. The summed E-state index contributed by atoms with van der Waals surface area (Å²) in [5, 5.41) is 4.47. The molecule has 7 aromatic rings. The lowest BCUT2D eigenvalue weighted by Crippen LogP contribution is -1.86. The zero-order chi connectivity index (χ0) is 19.1. The highest BCUT2D eigenvalue weighted by molar-refractivity contribution is 7.40. The molecule has 0 nitrogen and oxygen atoms in total. The van der Waals surface area contributed by atoms with Gasteiger partial charge < -0.3 is 0 Å². The number of hydrogen-bond donors (Lipinski definition) is 0. The molecule has 0 bridgehead atoms.